The van der Waals surface area contributed by atoms with Crippen LogP contribution in [0, 0.1) is 6.92 Å². The number of nitrogens with zero attached hydrogens (tertiary/aromatic N) is 4. The molecular weight excluding hydrogens is 282 g/mol. The molecule has 1 aliphatic heterocycles. The molecule has 3 N–H and O–H groups in total. The number of aliphatic hydroxyl groups excluding tert-OH is 2. The van der Waals surface area contributed by atoms with Gasteiger partial charge >= 0.3 is 5.69 Å². The zero-order valence-corrected chi connectivity index (χ0v) is 11.2. The number of aryl methyl sites for hydroxylation is 1. The summed E-state index contributed by atoms with van der Waals surface area (Å²) in [6, 6.07) is -0.721. The summed E-state index contributed by atoms with van der Waals surface area (Å²) in [5.41, 5.74) is 7.71. The van der Waals surface area contributed by atoms with E-state index in [1.165, 1.54) is 17.7 Å². The molecule has 10 heteroatoms. The molecule has 2 rings (SSSR count). The number of nitrogens with one attached hydrogen (secondary N) is 1. The maximum absolute atomic E-state index is 11.8. The van der Waals surface area contributed by atoms with Gasteiger partial charge in [-0.05, 0) is 12.5 Å². The normalized spacial score (nSPS) is 26.3. The zero-order valence-electron chi connectivity index (χ0n) is 11.2. The number of aromatic amines is 1. The van der Waals surface area contributed by atoms with Crippen LogP contribution in [0.1, 0.15) is 18.2 Å². The largest absolute Gasteiger partial charge is 0.394 e. The molecule has 1 aromatic rings. The minimum Gasteiger partial charge on any atom is -0.394 e. The fraction of sp³-hybridized carbons (Fsp3) is 0.636. The van der Waals surface area contributed by atoms with Gasteiger partial charge in [-0.2, -0.15) is 0 Å². The molecule has 0 amide bonds. The summed E-state index contributed by atoms with van der Waals surface area (Å²) in [4.78, 5) is 28.0. The molecule has 1 aromatic heterocycles. The Balaban J connectivity index is 2.35. The number of rotatable bonds is 4. The van der Waals surface area contributed by atoms with Crippen LogP contribution in [-0.2, 0) is 4.74 Å². The molecule has 1 fully saturated rings. The van der Waals surface area contributed by atoms with Crippen molar-refractivity contribution in [2.75, 3.05) is 6.61 Å². The summed E-state index contributed by atoms with van der Waals surface area (Å²) in [5, 5.41) is 22.2. The first-order valence-corrected chi connectivity index (χ1v) is 6.28. The van der Waals surface area contributed by atoms with E-state index in [1.54, 1.807) is 0 Å². The second kappa shape index (κ2) is 6.10. The number of azide groups is 1. The molecule has 0 aromatic carbocycles. The van der Waals surface area contributed by atoms with Gasteiger partial charge in [-0.25, -0.2) is 4.79 Å². The lowest BCUT2D eigenvalue weighted by Crippen LogP contribution is -2.37. The van der Waals surface area contributed by atoms with Crippen molar-refractivity contribution in [2.45, 2.75) is 37.8 Å². The lowest BCUT2D eigenvalue weighted by Gasteiger charge is -2.20. The number of H-pyrrole nitrogens is 1. The van der Waals surface area contributed by atoms with Crippen molar-refractivity contribution in [2.24, 2.45) is 5.11 Å². The van der Waals surface area contributed by atoms with Gasteiger partial charge < -0.3 is 14.9 Å². The van der Waals surface area contributed by atoms with E-state index in [1.807, 2.05) is 0 Å². The maximum atomic E-state index is 11.8. The van der Waals surface area contributed by atoms with Crippen LogP contribution in [0.4, 0.5) is 0 Å². The number of aromatic nitrogens is 2. The number of hydrogen-bond acceptors (Lipinski definition) is 6. The Labute approximate surface area is 118 Å². The average molecular weight is 297 g/mol. The minimum absolute atomic E-state index is 0.150. The van der Waals surface area contributed by atoms with Gasteiger partial charge in [0.1, 0.15) is 12.3 Å². The predicted octanol–water partition coefficient (Wildman–Crippen LogP) is -0.835. The minimum atomic E-state index is -1.23. The summed E-state index contributed by atoms with van der Waals surface area (Å²) < 4.78 is 6.67. The fourth-order valence-corrected chi connectivity index (χ4v) is 2.28. The van der Waals surface area contributed by atoms with Crippen molar-refractivity contribution in [3.8, 4) is 0 Å². The van der Waals surface area contributed by atoms with Crippen molar-refractivity contribution in [1.82, 2.24) is 9.55 Å². The van der Waals surface area contributed by atoms with E-state index in [-0.39, 0.29) is 6.42 Å². The average Bonchev–Trinajstić information content (AvgIpc) is 2.86. The van der Waals surface area contributed by atoms with Gasteiger partial charge in [0.25, 0.3) is 5.56 Å². The van der Waals surface area contributed by atoms with Crippen LogP contribution in [0.3, 0.4) is 0 Å². The molecule has 0 bridgehead atoms. The summed E-state index contributed by atoms with van der Waals surface area (Å²) in [6.07, 6.45) is -1.46. The standard InChI is InChI=1S/C11H15N5O5/c1-5-3-16(11(20)13-10(5)19)8-2-6(14-15-12)9(21-8)7(18)4-17/h3,6-9,17-18H,2,4H2,1H3,(H,13,19,20)/t6?,7-,8?,9?/m1/s1. The summed E-state index contributed by atoms with van der Waals surface area (Å²) in [6.45, 7) is 0.975. The van der Waals surface area contributed by atoms with Crippen LogP contribution in [-0.4, -0.2) is 44.6 Å². The van der Waals surface area contributed by atoms with Gasteiger partial charge in [0, 0.05) is 23.1 Å². The SMILES string of the molecule is Cc1cn(C2CC(N=[N+]=[N-])C([C@H](O)CO)O2)c(=O)[nH]c1=O. The molecule has 10 nitrogen and oxygen atoms in total. The van der Waals surface area contributed by atoms with E-state index in [0.717, 1.165) is 0 Å². The molecule has 1 saturated heterocycles. The Hall–Kier alpha value is -2.13. The van der Waals surface area contributed by atoms with Crippen LogP contribution in [0.15, 0.2) is 20.9 Å². The topological polar surface area (TPSA) is 153 Å². The summed E-state index contributed by atoms with van der Waals surface area (Å²) in [7, 11) is 0. The zero-order chi connectivity index (χ0) is 15.6. The molecular formula is C11H15N5O5. The van der Waals surface area contributed by atoms with Crippen molar-refractivity contribution in [3.05, 3.63) is 43.0 Å². The van der Waals surface area contributed by atoms with Gasteiger partial charge in [-0.15, -0.1) is 0 Å². The van der Waals surface area contributed by atoms with Gasteiger partial charge in [-0.1, -0.05) is 5.11 Å². The summed E-state index contributed by atoms with van der Waals surface area (Å²) >= 11 is 0. The second-order valence-electron chi connectivity index (χ2n) is 4.79. The molecule has 21 heavy (non-hydrogen) atoms. The third-order valence-corrected chi connectivity index (χ3v) is 3.36. The van der Waals surface area contributed by atoms with Gasteiger partial charge in [0.15, 0.2) is 0 Å². The molecule has 0 spiro atoms. The molecule has 3 unspecified atom stereocenters. The highest BCUT2D eigenvalue weighted by Crippen LogP contribution is 2.31. The highest BCUT2D eigenvalue weighted by atomic mass is 16.5. The quantitative estimate of drug-likeness (QED) is 0.376. The van der Waals surface area contributed by atoms with Crippen LogP contribution >= 0.6 is 0 Å². The van der Waals surface area contributed by atoms with Gasteiger partial charge in [-0.3, -0.25) is 14.3 Å². The highest BCUT2D eigenvalue weighted by Gasteiger charge is 2.40. The molecule has 114 valence electrons. The third-order valence-electron chi connectivity index (χ3n) is 3.36. The lowest BCUT2D eigenvalue weighted by molar-refractivity contribution is -0.0781. The molecule has 1 aliphatic rings. The molecule has 0 radical (unpaired) electrons. The second-order valence-corrected chi connectivity index (χ2v) is 4.79. The van der Waals surface area contributed by atoms with E-state index >= 15 is 0 Å². The van der Waals surface area contributed by atoms with Crippen molar-refractivity contribution in [1.29, 1.82) is 0 Å². The monoisotopic (exact) mass is 297 g/mol. The van der Waals surface area contributed by atoms with Gasteiger partial charge in [0.2, 0.25) is 0 Å². The van der Waals surface area contributed by atoms with Crippen molar-refractivity contribution in [3.63, 3.8) is 0 Å². The van der Waals surface area contributed by atoms with Crippen molar-refractivity contribution < 1.29 is 14.9 Å². The van der Waals surface area contributed by atoms with Crippen LogP contribution in [0.2, 0.25) is 0 Å². The van der Waals surface area contributed by atoms with Gasteiger partial charge in [0.05, 0.1) is 18.8 Å². The van der Waals surface area contributed by atoms with E-state index in [4.69, 9.17) is 15.4 Å². The van der Waals surface area contributed by atoms with E-state index in [0.29, 0.717) is 5.56 Å². The van der Waals surface area contributed by atoms with Crippen LogP contribution in [0.25, 0.3) is 10.4 Å². The molecule has 2 heterocycles. The Morgan fingerprint density at radius 3 is 3.00 bits per heavy atom. The van der Waals surface area contributed by atoms with Crippen molar-refractivity contribution >= 4 is 0 Å². The predicted molar refractivity (Wildman–Crippen MR) is 70.6 cm³/mol. The Kier molecular flexibility index (Phi) is 4.43. The number of hydrogen-bond donors (Lipinski definition) is 3. The fourth-order valence-electron chi connectivity index (χ4n) is 2.28. The first kappa shape index (κ1) is 15.3. The molecule has 0 saturated carbocycles. The Bertz CT molecular complexity index is 676. The first-order valence-electron chi connectivity index (χ1n) is 6.28. The van der Waals surface area contributed by atoms with E-state index in [2.05, 4.69) is 15.0 Å². The Morgan fingerprint density at radius 2 is 2.38 bits per heavy atom. The third kappa shape index (κ3) is 2.98. The summed E-state index contributed by atoms with van der Waals surface area (Å²) in [5.74, 6) is 0. The van der Waals surface area contributed by atoms with E-state index in [9.17, 15) is 14.7 Å². The number of aliphatic hydroxyl groups is 2. The number of ether oxygens (including phenoxy) is 1. The highest BCUT2D eigenvalue weighted by molar-refractivity contribution is 5.02. The van der Waals surface area contributed by atoms with Crippen LogP contribution in [0.5, 0.6) is 0 Å². The van der Waals surface area contributed by atoms with E-state index < -0.39 is 42.3 Å². The Morgan fingerprint density at radius 1 is 1.67 bits per heavy atom. The smallest absolute Gasteiger partial charge is 0.330 e. The van der Waals surface area contributed by atoms with Crippen LogP contribution < -0.4 is 11.2 Å². The lowest BCUT2D eigenvalue weighted by atomic mass is 10.1. The first-order chi connectivity index (χ1) is 9.97. The maximum Gasteiger partial charge on any atom is 0.330 e. The molecule has 4 atom stereocenters. The molecule has 0 aliphatic carbocycles.